The van der Waals surface area contributed by atoms with Gasteiger partial charge >= 0.3 is 0 Å². The summed E-state index contributed by atoms with van der Waals surface area (Å²) < 4.78 is 0. The molecule has 3 heteroatoms. The Morgan fingerprint density at radius 2 is 2.50 bits per heavy atom. The lowest BCUT2D eigenvalue weighted by Crippen LogP contribution is -1.32. The highest BCUT2D eigenvalue weighted by molar-refractivity contribution is 8.06. The number of thioether (sulfide) groups is 1. The summed E-state index contributed by atoms with van der Waals surface area (Å²) in [6.45, 7) is 0. The van der Waals surface area contributed by atoms with E-state index in [9.17, 15) is 0 Å². The normalized spacial score (nSPS) is 8.67. The molecule has 0 spiro atoms. The first-order chi connectivity index (χ1) is 2.91. The van der Waals surface area contributed by atoms with E-state index in [4.69, 9.17) is 16.9 Å². The molecule has 0 atom stereocenters. The number of thiocyanates is 1. The Labute approximate surface area is 45.6 Å². The van der Waals surface area contributed by atoms with E-state index in [1.165, 1.54) is 10.9 Å². The topological polar surface area (TPSA) is 23.8 Å². The second-order valence-electron chi connectivity index (χ2n) is 0.471. The largest absolute Gasteiger partial charge is 0.185 e. The van der Waals surface area contributed by atoms with Crippen molar-refractivity contribution in [1.82, 2.24) is 0 Å². The van der Waals surface area contributed by atoms with Gasteiger partial charge in [0.15, 0.2) is 0 Å². The van der Waals surface area contributed by atoms with E-state index in [0.717, 1.165) is 11.8 Å². The molecule has 0 aliphatic carbocycles. The van der Waals surface area contributed by atoms with Crippen molar-refractivity contribution in [2.24, 2.45) is 0 Å². The van der Waals surface area contributed by atoms with Crippen LogP contribution in [-0.4, -0.2) is 0 Å². The molecular formula is C3H2ClNS. The minimum Gasteiger partial charge on any atom is -0.185 e. The number of halogens is 1. The minimum absolute atomic E-state index is 1.00. The van der Waals surface area contributed by atoms with Crippen molar-refractivity contribution in [3.63, 3.8) is 0 Å². The van der Waals surface area contributed by atoms with Crippen molar-refractivity contribution < 1.29 is 0 Å². The van der Waals surface area contributed by atoms with E-state index in [2.05, 4.69) is 0 Å². The molecule has 0 saturated heterocycles. The van der Waals surface area contributed by atoms with Gasteiger partial charge in [-0.3, -0.25) is 0 Å². The number of nitriles is 1. The van der Waals surface area contributed by atoms with Crippen molar-refractivity contribution in [1.29, 1.82) is 5.26 Å². The van der Waals surface area contributed by atoms with Crippen LogP contribution >= 0.6 is 23.4 Å². The monoisotopic (exact) mass is 119 g/mol. The number of hydrogen-bond donors (Lipinski definition) is 0. The summed E-state index contributed by atoms with van der Waals surface area (Å²) in [5.74, 6) is 0. The van der Waals surface area contributed by atoms with Gasteiger partial charge in [0.25, 0.3) is 0 Å². The van der Waals surface area contributed by atoms with Crippen LogP contribution < -0.4 is 0 Å². The minimum atomic E-state index is 1.00. The Morgan fingerprint density at radius 1 is 1.83 bits per heavy atom. The Balaban J connectivity index is 2.92. The molecular weight excluding hydrogens is 118 g/mol. The van der Waals surface area contributed by atoms with Crippen molar-refractivity contribution in [3.8, 4) is 5.40 Å². The summed E-state index contributed by atoms with van der Waals surface area (Å²) in [4.78, 5) is 0. The molecule has 0 aliphatic heterocycles. The molecule has 0 fully saturated rings. The van der Waals surface area contributed by atoms with Crippen LogP contribution in [0.25, 0.3) is 0 Å². The van der Waals surface area contributed by atoms with Crippen LogP contribution in [0.1, 0.15) is 0 Å². The lowest BCUT2D eigenvalue weighted by molar-refractivity contribution is 1.57. The summed E-state index contributed by atoms with van der Waals surface area (Å²) >= 11 is 6.03. The standard InChI is InChI=1S/C3H2ClNS/c4-1-2-6-3-5/h1-2H/b2-1+. The average Bonchev–Trinajstić information content (AvgIpc) is 1.61. The van der Waals surface area contributed by atoms with Crippen LogP contribution in [0, 0.1) is 10.7 Å². The van der Waals surface area contributed by atoms with E-state index in [0.29, 0.717) is 0 Å². The zero-order chi connectivity index (χ0) is 4.83. The zero-order valence-electron chi connectivity index (χ0n) is 2.89. The maximum absolute atomic E-state index is 7.80. The van der Waals surface area contributed by atoms with E-state index >= 15 is 0 Å². The molecule has 0 aliphatic rings. The molecule has 0 saturated carbocycles. The summed E-state index contributed by atoms with van der Waals surface area (Å²) in [5, 5.41) is 11.1. The molecule has 6 heavy (non-hydrogen) atoms. The van der Waals surface area contributed by atoms with Crippen molar-refractivity contribution >= 4 is 23.4 Å². The fourth-order valence-electron chi connectivity index (χ4n) is 0.0561. The number of hydrogen-bond acceptors (Lipinski definition) is 2. The van der Waals surface area contributed by atoms with Gasteiger partial charge in [-0.15, -0.1) is 0 Å². The average molecular weight is 120 g/mol. The van der Waals surface area contributed by atoms with Crippen LogP contribution in [0.4, 0.5) is 0 Å². The van der Waals surface area contributed by atoms with Gasteiger partial charge in [-0.25, -0.2) is 0 Å². The maximum Gasteiger partial charge on any atom is 0.138 e. The van der Waals surface area contributed by atoms with Gasteiger partial charge in [-0.1, -0.05) is 11.6 Å². The summed E-state index contributed by atoms with van der Waals surface area (Å²) in [6, 6.07) is 0. The molecule has 0 N–H and O–H groups in total. The van der Waals surface area contributed by atoms with Crippen LogP contribution in [0.3, 0.4) is 0 Å². The first-order valence-electron chi connectivity index (χ1n) is 1.21. The molecule has 32 valence electrons. The van der Waals surface area contributed by atoms with Crippen molar-refractivity contribution in [2.75, 3.05) is 0 Å². The zero-order valence-corrected chi connectivity index (χ0v) is 4.46. The van der Waals surface area contributed by atoms with Gasteiger partial charge in [-0.2, -0.15) is 5.26 Å². The molecule has 0 unspecified atom stereocenters. The summed E-state index contributed by atoms with van der Waals surface area (Å²) in [6.07, 6.45) is 0. The smallest absolute Gasteiger partial charge is 0.138 e. The Morgan fingerprint density at radius 3 is 2.67 bits per heavy atom. The van der Waals surface area contributed by atoms with Gasteiger partial charge in [0.05, 0.1) is 0 Å². The molecule has 0 heterocycles. The van der Waals surface area contributed by atoms with Gasteiger partial charge in [-0.05, 0) is 17.2 Å². The third kappa shape index (κ3) is 3.87. The lowest BCUT2D eigenvalue weighted by atomic mass is 11.3. The first kappa shape index (κ1) is 5.87. The number of nitrogens with zero attached hydrogens (tertiary/aromatic N) is 1. The highest BCUT2D eigenvalue weighted by Gasteiger charge is 1.63. The third-order valence-corrected chi connectivity index (χ3v) is 0.825. The Hall–Kier alpha value is -0.130. The molecule has 0 bridgehead atoms. The molecule has 0 aromatic carbocycles. The van der Waals surface area contributed by atoms with Crippen molar-refractivity contribution in [3.05, 3.63) is 10.9 Å². The van der Waals surface area contributed by atoms with E-state index in [-0.39, 0.29) is 0 Å². The molecule has 0 amide bonds. The molecule has 0 rings (SSSR count). The molecule has 1 nitrogen and oxygen atoms in total. The highest BCUT2D eigenvalue weighted by Crippen LogP contribution is 1.97. The second kappa shape index (κ2) is 4.87. The van der Waals surface area contributed by atoms with Crippen LogP contribution in [0.2, 0.25) is 0 Å². The van der Waals surface area contributed by atoms with Crippen molar-refractivity contribution in [2.45, 2.75) is 0 Å². The summed E-state index contributed by atoms with van der Waals surface area (Å²) in [5.41, 5.74) is 1.30. The van der Waals surface area contributed by atoms with Gasteiger partial charge in [0.2, 0.25) is 0 Å². The molecule has 0 radical (unpaired) electrons. The van der Waals surface area contributed by atoms with Gasteiger partial charge in [0.1, 0.15) is 5.40 Å². The Bertz CT molecular complexity index is 83.3. The van der Waals surface area contributed by atoms with Gasteiger partial charge < -0.3 is 0 Å². The first-order valence-corrected chi connectivity index (χ1v) is 2.53. The molecule has 0 aromatic heterocycles. The third-order valence-electron chi connectivity index (χ3n) is 0.172. The SMILES string of the molecule is N#CS/C=C/Cl. The number of rotatable bonds is 1. The van der Waals surface area contributed by atoms with E-state index in [1.807, 2.05) is 5.40 Å². The predicted molar refractivity (Wildman–Crippen MR) is 28.2 cm³/mol. The van der Waals surface area contributed by atoms with Crippen LogP contribution in [0.15, 0.2) is 10.9 Å². The summed E-state index contributed by atoms with van der Waals surface area (Å²) in [7, 11) is 0. The van der Waals surface area contributed by atoms with Crippen LogP contribution in [-0.2, 0) is 0 Å². The fraction of sp³-hybridized carbons (Fsp3) is 0. The van der Waals surface area contributed by atoms with E-state index < -0.39 is 0 Å². The quantitative estimate of drug-likeness (QED) is 0.493. The fourth-order valence-corrected chi connectivity index (χ4v) is 0.323. The molecule has 0 aromatic rings. The second-order valence-corrected chi connectivity index (χ2v) is 1.41. The van der Waals surface area contributed by atoms with Gasteiger partial charge in [0, 0.05) is 5.54 Å². The Kier molecular flexibility index (Phi) is 4.76. The highest BCUT2D eigenvalue weighted by atomic mass is 35.5. The predicted octanol–water partition coefficient (Wildman–Crippen LogP) is 1.91. The maximum atomic E-state index is 7.80. The lowest BCUT2D eigenvalue weighted by Gasteiger charge is -1.60. The van der Waals surface area contributed by atoms with E-state index in [1.54, 1.807) is 0 Å². The van der Waals surface area contributed by atoms with Crippen LogP contribution in [0.5, 0.6) is 0 Å².